The van der Waals surface area contributed by atoms with Crippen LogP contribution in [0.4, 0.5) is 0 Å². The molecule has 2 aliphatic heterocycles. The van der Waals surface area contributed by atoms with Gasteiger partial charge in [0.05, 0.1) is 6.10 Å². The summed E-state index contributed by atoms with van der Waals surface area (Å²) in [6.07, 6.45) is 4.30. The number of nitrogens with one attached hydrogen (secondary N) is 1. The standard InChI is InChI=1S/C12H20N2O3/c15-11(13-9-10-4-3-7-17-10)8-12(16)14-5-1-2-6-14/h10H,1-9H2,(H,13,15). The highest BCUT2D eigenvalue weighted by Gasteiger charge is 2.21. The molecule has 2 fully saturated rings. The summed E-state index contributed by atoms with van der Waals surface area (Å²) in [4.78, 5) is 25.0. The Hall–Kier alpha value is -1.10. The summed E-state index contributed by atoms with van der Waals surface area (Å²) in [5.74, 6) is -0.232. The van der Waals surface area contributed by atoms with Crippen LogP contribution in [0.1, 0.15) is 32.1 Å². The fraction of sp³-hybridized carbons (Fsp3) is 0.833. The third-order valence-electron chi connectivity index (χ3n) is 3.32. The first-order valence-electron chi connectivity index (χ1n) is 6.42. The van der Waals surface area contributed by atoms with Crippen molar-refractivity contribution in [2.75, 3.05) is 26.2 Å². The maximum Gasteiger partial charge on any atom is 0.232 e. The van der Waals surface area contributed by atoms with Gasteiger partial charge in [-0.25, -0.2) is 0 Å². The molecule has 0 aromatic heterocycles. The third-order valence-corrected chi connectivity index (χ3v) is 3.32. The molecule has 0 bridgehead atoms. The first-order chi connectivity index (χ1) is 8.25. The average Bonchev–Trinajstić information content (AvgIpc) is 2.99. The molecule has 1 N–H and O–H groups in total. The Morgan fingerprint density at radius 2 is 2.00 bits per heavy atom. The smallest absolute Gasteiger partial charge is 0.232 e. The third kappa shape index (κ3) is 3.70. The van der Waals surface area contributed by atoms with E-state index in [2.05, 4.69) is 5.32 Å². The van der Waals surface area contributed by atoms with Gasteiger partial charge in [-0.15, -0.1) is 0 Å². The summed E-state index contributed by atoms with van der Waals surface area (Å²) < 4.78 is 5.40. The normalized spacial score (nSPS) is 24.0. The largest absolute Gasteiger partial charge is 0.376 e. The molecule has 2 aliphatic rings. The second-order valence-corrected chi connectivity index (χ2v) is 4.70. The molecule has 2 saturated heterocycles. The summed E-state index contributed by atoms with van der Waals surface area (Å²) in [5, 5.41) is 2.77. The Morgan fingerprint density at radius 3 is 2.65 bits per heavy atom. The molecule has 2 rings (SSSR count). The van der Waals surface area contributed by atoms with Crippen molar-refractivity contribution in [1.82, 2.24) is 10.2 Å². The van der Waals surface area contributed by atoms with E-state index in [1.165, 1.54) is 0 Å². The summed E-state index contributed by atoms with van der Waals surface area (Å²) in [6, 6.07) is 0. The van der Waals surface area contributed by atoms with Crippen LogP contribution in [0.25, 0.3) is 0 Å². The minimum absolute atomic E-state index is 0.0211. The number of amides is 2. The highest BCUT2D eigenvalue weighted by Crippen LogP contribution is 2.11. The number of hydrogen-bond acceptors (Lipinski definition) is 3. The molecular weight excluding hydrogens is 220 g/mol. The number of hydrogen-bond donors (Lipinski definition) is 1. The molecule has 0 aromatic rings. The molecule has 0 aliphatic carbocycles. The van der Waals surface area contributed by atoms with E-state index in [-0.39, 0.29) is 24.3 Å². The van der Waals surface area contributed by atoms with Gasteiger partial charge < -0.3 is 15.0 Å². The Balaban J connectivity index is 1.63. The molecule has 2 amide bonds. The van der Waals surface area contributed by atoms with E-state index < -0.39 is 0 Å². The van der Waals surface area contributed by atoms with Gasteiger partial charge >= 0.3 is 0 Å². The number of rotatable bonds is 4. The van der Waals surface area contributed by atoms with Gasteiger partial charge in [-0.3, -0.25) is 9.59 Å². The van der Waals surface area contributed by atoms with Gasteiger partial charge in [0, 0.05) is 26.2 Å². The predicted octanol–water partition coefficient (Wildman–Crippen LogP) is 0.294. The topological polar surface area (TPSA) is 58.6 Å². The highest BCUT2D eigenvalue weighted by molar-refractivity contribution is 5.96. The molecule has 1 unspecified atom stereocenters. The van der Waals surface area contributed by atoms with Crippen LogP contribution in [0.15, 0.2) is 0 Å². The van der Waals surface area contributed by atoms with Crippen molar-refractivity contribution in [3.05, 3.63) is 0 Å². The molecule has 96 valence electrons. The molecule has 1 atom stereocenters. The van der Waals surface area contributed by atoms with Gasteiger partial charge in [0.2, 0.25) is 11.8 Å². The monoisotopic (exact) mass is 240 g/mol. The van der Waals surface area contributed by atoms with Gasteiger partial charge in [0.1, 0.15) is 6.42 Å². The van der Waals surface area contributed by atoms with Crippen LogP contribution in [-0.2, 0) is 14.3 Å². The number of ether oxygens (including phenoxy) is 1. The van der Waals surface area contributed by atoms with Gasteiger partial charge in [-0.2, -0.15) is 0 Å². The van der Waals surface area contributed by atoms with Crippen LogP contribution >= 0.6 is 0 Å². The van der Waals surface area contributed by atoms with Crippen LogP contribution < -0.4 is 5.32 Å². The van der Waals surface area contributed by atoms with Crippen LogP contribution in [0.3, 0.4) is 0 Å². The lowest BCUT2D eigenvalue weighted by Crippen LogP contribution is -2.36. The van der Waals surface area contributed by atoms with Crippen LogP contribution in [0.5, 0.6) is 0 Å². The molecule has 0 spiro atoms. The maximum atomic E-state index is 11.7. The minimum atomic E-state index is -0.183. The lowest BCUT2D eigenvalue weighted by atomic mass is 10.2. The lowest BCUT2D eigenvalue weighted by Gasteiger charge is -2.15. The molecule has 0 saturated carbocycles. The zero-order chi connectivity index (χ0) is 12.1. The maximum absolute atomic E-state index is 11.7. The van der Waals surface area contributed by atoms with E-state index >= 15 is 0 Å². The average molecular weight is 240 g/mol. The van der Waals surface area contributed by atoms with Crippen LogP contribution in [0, 0.1) is 0 Å². The van der Waals surface area contributed by atoms with E-state index in [9.17, 15) is 9.59 Å². The van der Waals surface area contributed by atoms with Crippen molar-refractivity contribution >= 4 is 11.8 Å². The SMILES string of the molecule is O=C(CC(=O)N1CCCC1)NCC1CCCO1. The van der Waals surface area contributed by atoms with Crippen molar-refractivity contribution in [2.24, 2.45) is 0 Å². The van der Waals surface area contributed by atoms with E-state index in [4.69, 9.17) is 4.74 Å². The zero-order valence-electron chi connectivity index (χ0n) is 10.1. The summed E-state index contributed by atoms with van der Waals surface area (Å²) >= 11 is 0. The van der Waals surface area contributed by atoms with Crippen molar-refractivity contribution in [2.45, 2.75) is 38.2 Å². The molecule has 0 aromatic carbocycles. The van der Waals surface area contributed by atoms with Crippen LogP contribution in [0.2, 0.25) is 0 Å². The Bertz CT molecular complexity index is 281. The van der Waals surface area contributed by atoms with E-state index in [1.54, 1.807) is 4.90 Å². The van der Waals surface area contributed by atoms with Crippen molar-refractivity contribution < 1.29 is 14.3 Å². The predicted molar refractivity (Wildman–Crippen MR) is 62.4 cm³/mol. The second kappa shape index (κ2) is 6.00. The van der Waals surface area contributed by atoms with E-state index in [0.717, 1.165) is 45.4 Å². The molecule has 2 heterocycles. The molecular formula is C12H20N2O3. The number of nitrogens with zero attached hydrogens (tertiary/aromatic N) is 1. The number of carbonyl (C=O) groups excluding carboxylic acids is 2. The summed E-state index contributed by atoms with van der Waals surface area (Å²) in [5.41, 5.74) is 0. The van der Waals surface area contributed by atoms with E-state index in [0.29, 0.717) is 6.54 Å². The molecule has 5 heteroatoms. The van der Waals surface area contributed by atoms with E-state index in [1.807, 2.05) is 0 Å². The van der Waals surface area contributed by atoms with Crippen molar-refractivity contribution in [3.63, 3.8) is 0 Å². The molecule has 5 nitrogen and oxygen atoms in total. The second-order valence-electron chi connectivity index (χ2n) is 4.70. The van der Waals surface area contributed by atoms with Gasteiger partial charge in [0.15, 0.2) is 0 Å². The quantitative estimate of drug-likeness (QED) is 0.719. The summed E-state index contributed by atoms with van der Waals surface area (Å²) in [7, 11) is 0. The zero-order valence-corrected chi connectivity index (χ0v) is 10.1. The first kappa shape index (κ1) is 12.4. The number of likely N-dealkylation sites (tertiary alicyclic amines) is 1. The number of carbonyl (C=O) groups is 2. The van der Waals surface area contributed by atoms with Crippen LogP contribution in [-0.4, -0.2) is 49.1 Å². The Kier molecular flexibility index (Phi) is 4.36. The lowest BCUT2D eigenvalue weighted by molar-refractivity contribution is -0.135. The Morgan fingerprint density at radius 1 is 1.24 bits per heavy atom. The van der Waals surface area contributed by atoms with Crippen molar-refractivity contribution in [3.8, 4) is 0 Å². The van der Waals surface area contributed by atoms with Crippen molar-refractivity contribution in [1.29, 1.82) is 0 Å². The fourth-order valence-electron chi connectivity index (χ4n) is 2.31. The fourth-order valence-corrected chi connectivity index (χ4v) is 2.31. The minimum Gasteiger partial charge on any atom is -0.376 e. The first-order valence-corrected chi connectivity index (χ1v) is 6.42. The molecule has 17 heavy (non-hydrogen) atoms. The molecule has 0 radical (unpaired) electrons. The highest BCUT2D eigenvalue weighted by atomic mass is 16.5. The Labute approximate surface area is 101 Å². The van der Waals surface area contributed by atoms with Gasteiger partial charge in [0.25, 0.3) is 0 Å². The summed E-state index contributed by atoms with van der Waals surface area (Å²) in [6.45, 7) is 2.93. The van der Waals surface area contributed by atoms with Gasteiger partial charge in [-0.1, -0.05) is 0 Å². The van der Waals surface area contributed by atoms with Gasteiger partial charge in [-0.05, 0) is 25.7 Å².